The summed E-state index contributed by atoms with van der Waals surface area (Å²) in [6, 6.07) is 17.3. The van der Waals surface area contributed by atoms with E-state index in [9.17, 15) is 19.5 Å². The topological polar surface area (TPSA) is 93.1 Å². The Morgan fingerprint density at radius 2 is 1.73 bits per heavy atom. The van der Waals surface area contributed by atoms with Gasteiger partial charge in [0, 0.05) is 10.7 Å². The van der Waals surface area contributed by atoms with Gasteiger partial charge in [-0.15, -0.1) is 0 Å². The smallest absolute Gasteiger partial charge is 0.338 e. The average Bonchev–Trinajstić information content (AvgIpc) is 3.13. The lowest BCUT2D eigenvalue weighted by Crippen LogP contribution is -2.29. The van der Waals surface area contributed by atoms with Crippen molar-refractivity contribution in [3.05, 3.63) is 99.6 Å². The fraction of sp³-hybridized carbons (Fsp3) is 0.207. The number of hydrogen-bond donors (Lipinski definition) is 1. The van der Waals surface area contributed by atoms with E-state index in [1.54, 1.807) is 44.2 Å². The fourth-order valence-corrected chi connectivity index (χ4v) is 4.48. The number of ketones is 1. The van der Waals surface area contributed by atoms with Crippen LogP contribution in [0.1, 0.15) is 46.9 Å². The van der Waals surface area contributed by atoms with Gasteiger partial charge in [-0.25, -0.2) is 4.79 Å². The molecule has 1 saturated heterocycles. The first-order valence-electron chi connectivity index (χ1n) is 11.6. The van der Waals surface area contributed by atoms with Crippen LogP contribution in [0.5, 0.6) is 5.75 Å². The number of aliphatic hydroxyl groups excluding tert-OH is 1. The summed E-state index contributed by atoms with van der Waals surface area (Å²) < 4.78 is 10.6. The van der Waals surface area contributed by atoms with E-state index in [1.807, 2.05) is 25.1 Å². The fourth-order valence-electron chi connectivity index (χ4n) is 4.31. The number of anilines is 1. The van der Waals surface area contributed by atoms with E-state index in [-0.39, 0.29) is 17.2 Å². The van der Waals surface area contributed by atoms with Gasteiger partial charge in [0.05, 0.1) is 36.0 Å². The third-order valence-corrected chi connectivity index (χ3v) is 6.18. The van der Waals surface area contributed by atoms with Crippen molar-refractivity contribution in [3.63, 3.8) is 0 Å². The zero-order chi connectivity index (χ0) is 26.9. The molecule has 0 aromatic heterocycles. The Labute approximate surface area is 219 Å². The molecule has 0 radical (unpaired) electrons. The number of amides is 1. The first-order chi connectivity index (χ1) is 17.6. The normalized spacial score (nSPS) is 16.8. The molecule has 0 spiro atoms. The van der Waals surface area contributed by atoms with Crippen molar-refractivity contribution in [1.29, 1.82) is 0 Å². The molecule has 7 nitrogen and oxygen atoms in total. The van der Waals surface area contributed by atoms with E-state index in [0.29, 0.717) is 27.6 Å². The summed E-state index contributed by atoms with van der Waals surface area (Å²) in [4.78, 5) is 40.4. The molecule has 190 valence electrons. The quantitative estimate of drug-likeness (QED) is 0.190. The first-order valence-corrected chi connectivity index (χ1v) is 12.0. The molecule has 0 aliphatic carbocycles. The molecular weight excluding hydrogens is 494 g/mol. The number of nitrogens with zero attached hydrogens (tertiary/aromatic N) is 1. The molecule has 1 aliphatic heterocycles. The number of carbonyl (C=O) groups is 3. The summed E-state index contributed by atoms with van der Waals surface area (Å²) in [5.41, 5.74) is 2.33. The SMILES string of the molecule is COc1ccc(Cl)cc1/C(O)=C1\C(=O)C(=O)N(c2ccc(C(=O)OC(C)C)cc2)C1c1cccc(C)c1. The second-order valence-electron chi connectivity index (χ2n) is 8.93. The van der Waals surface area contributed by atoms with Crippen LogP contribution in [0.4, 0.5) is 5.69 Å². The third kappa shape index (κ3) is 5.08. The molecule has 1 fully saturated rings. The minimum atomic E-state index is -0.933. The van der Waals surface area contributed by atoms with Crippen molar-refractivity contribution in [2.75, 3.05) is 12.0 Å². The summed E-state index contributed by atoms with van der Waals surface area (Å²) in [6.45, 7) is 5.40. The Morgan fingerprint density at radius 3 is 2.35 bits per heavy atom. The van der Waals surface area contributed by atoms with E-state index >= 15 is 0 Å². The Balaban J connectivity index is 1.89. The number of ether oxygens (including phenoxy) is 2. The van der Waals surface area contributed by atoms with Crippen LogP contribution in [0.2, 0.25) is 5.02 Å². The number of aliphatic hydroxyl groups is 1. The van der Waals surface area contributed by atoms with Crippen molar-refractivity contribution >= 4 is 40.7 Å². The number of Topliss-reactive ketones (excluding diaryl/α,β-unsaturated/α-hetero) is 1. The average molecular weight is 520 g/mol. The number of hydrogen-bond acceptors (Lipinski definition) is 6. The lowest BCUT2D eigenvalue weighted by atomic mass is 9.94. The van der Waals surface area contributed by atoms with Crippen molar-refractivity contribution in [3.8, 4) is 5.75 Å². The molecule has 1 aliphatic rings. The van der Waals surface area contributed by atoms with Gasteiger partial charge in [0.1, 0.15) is 11.5 Å². The maximum Gasteiger partial charge on any atom is 0.338 e. The first kappa shape index (κ1) is 26.0. The van der Waals surface area contributed by atoms with E-state index in [0.717, 1.165) is 5.56 Å². The lowest BCUT2D eigenvalue weighted by molar-refractivity contribution is -0.132. The predicted octanol–water partition coefficient (Wildman–Crippen LogP) is 5.85. The number of esters is 1. The highest BCUT2D eigenvalue weighted by Gasteiger charge is 2.47. The highest BCUT2D eigenvalue weighted by Crippen LogP contribution is 2.43. The molecular formula is C29H26ClNO6. The van der Waals surface area contributed by atoms with Gasteiger partial charge >= 0.3 is 5.97 Å². The summed E-state index contributed by atoms with van der Waals surface area (Å²) in [5.74, 6) is -2.26. The van der Waals surface area contributed by atoms with Gasteiger partial charge in [0.25, 0.3) is 11.7 Å². The summed E-state index contributed by atoms with van der Waals surface area (Å²) in [5, 5.41) is 11.7. The van der Waals surface area contributed by atoms with Gasteiger partial charge in [-0.2, -0.15) is 0 Å². The molecule has 0 bridgehead atoms. The van der Waals surface area contributed by atoms with E-state index in [2.05, 4.69) is 0 Å². The monoisotopic (exact) mass is 519 g/mol. The largest absolute Gasteiger partial charge is 0.507 e. The second kappa shape index (κ2) is 10.5. The molecule has 8 heteroatoms. The van der Waals surface area contributed by atoms with Gasteiger partial charge < -0.3 is 14.6 Å². The van der Waals surface area contributed by atoms with Gasteiger partial charge in [-0.1, -0.05) is 41.4 Å². The van der Waals surface area contributed by atoms with E-state index < -0.39 is 29.5 Å². The van der Waals surface area contributed by atoms with Crippen LogP contribution < -0.4 is 9.64 Å². The number of carbonyl (C=O) groups excluding carboxylic acids is 3. The van der Waals surface area contributed by atoms with Crippen LogP contribution in [-0.4, -0.2) is 36.0 Å². The molecule has 1 N–H and O–H groups in total. The Morgan fingerprint density at radius 1 is 1.03 bits per heavy atom. The molecule has 3 aromatic rings. The predicted molar refractivity (Wildman–Crippen MR) is 141 cm³/mol. The number of methoxy groups -OCH3 is 1. The number of benzene rings is 3. The minimum absolute atomic E-state index is 0.0977. The molecule has 37 heavy (non-hydrogen) atoms. The highest BCUT2D eigenvalue weighted by atomic mass is 35.5. The van der Waals surface area contributed by atoms with Crippen molar-refractivity contribution in [2.24, 2.45) is 0 Å². The molecule has 3 aromatic carbocycles. The zero-order valence-electron chi connectivity index (χ0n) is 20.8. The van der Waals surface area contributed by atoms with Crippen molar-refractivity contribution < 1.29 is 29.0 Å². The van der Waals surface area contributed by atoms with Gasteiger partial charge in [0.15, 0.2) is 0 Å². The summed E-state index contributed by atoms with van der Waals surface area (Å²) in [7, 11) is 1.43. The summed E-state index contributed by atoms with van der Waals surface area (Å²) >= 11 is 6.17. The van der Waals surface area contributed by atoms with Crippen LogP contribution >= 0.6 is 11.6 Å². The maximum atomic E-state index is 13.4. The van der Waals surface area contributed by atoms with Crippen LogP contribution in [0.15, 0.2) is 72.3 Å². The van der Waals surface area contributed by atoms with Gasteiger partial charge in [-0.3, -0.25) is 14.5 Å². The summed E-state index contributed by atoms with van der Waals surface area (Å²) in [6.07, 6.45) is -0.283. The molecule has 1 heterocycles. The Bertz CT molecular complexity index is 1410. The number of rotatable bonds is 6. The van der Waals surface area contributed by atoms with E-state index in [1.165, 1.54) is 30.2 Å². The lowest BCUT2D eigenvalue weighted by Gasteiger charge is -2.26. The van der Waals surface area contributed by atoms with Gasteiger partial charge in [-0.05, 0) is 68.8 Å². The molecule has 1 amide bonds. The molecule has 1 unspecified atom stereocenters. The standard InChI is InChI=1S/C29H26ClNO6/c1-16(2)37-29(35)18-8-11-21(12-9-18)31-25(19-7-5-6-17(3)14-19)24(27(33)28(31)34)26(32)22-15-20(30)10-13-23(22)36-4/h5-16,25,32H,1-4H3/b26-24+. The Hall–Kier alpha value is -4.10. The van der Waals surface area contributed by atoms with Crippen LogP contribution in [0, 0.1) is 6.92 Å². The van der Waals surface area contributed by atoms with Crippen molar-refractivity contribution in [2.45, 2.75) is 32.9 Å². The molecule has 1 atom stereocenters. The Kier molecular flexibility index (Phi) is 7.36. The van der Waals surface area contributed by atoms with Gasteiger partial charge in [0.2, 0.25) is 0 Å². The van der Waals surface area contributed by atoms with Crippen LogP contribution in [0.25, 0.3) is 5.76 Å². The van der Waals surface area contributed by atoms with Crippen LogP contribution in [0.3, 0.4) is 0 Å². The minimum Gasteiger partial charge on any atom is -0.507 e. The van der Waals surface area contributed by atoms with Crippen LogP contribution in [-0.2, 0) is 14.3 Å². The number of aryl methyl sites for hydroxylation is 1. The molecule has 0 saturated carbocycles. The zero-order valence-corrected chi connectivity index (χ0v) is 21.6. The number of halogens is 1. The highest BCUT2D eigenvalue weighted by molar-refractivity contribution is 6.51. The second-order valence-corrected chi connectivity index (χ2v) is 9.37. The molecule has 4 rings (SSSR count). The van der Waals surface area contributed by atoms with E-state index in [4.69, 9.17) is 21.1 Å². The maximum absolute atomic E-state index is 13.4. The third-order valence-electron chi connectivity index (χ3n) is 5.94. The van der Waals surface area contributed by atoms with Crippen molar-refractivity contribution in [1.82, 2.24) is 0 Å².